The Balaban J connectivity index is 0.718. The van der Waals surface area contributed by atoms with Crippen LogP contribution in [-0.2, 0) is 80.6 Å². The van der Waals surface area contributed by atoms with Crippen molar-refractivity contribution in [3.8, 4) is 0 Å². The van der Waals surface area contributed by atoms with Gasteiger partial charge in [-0.05, 0) is 96.6 Å². The van der Waals surface area contributed by atoms with Gasteiger partial charge < -0.3 is 102 Å². The minimum Gasteiger partial charge on any atom is -0.458 e. The van der Waals surface area contributed by atoms with E-state index < -0.39 is 182 Å². The number of rotatable bonds is 19. The highest BCUT2D eigenvalue weighted by Gasteiger charge is 2.77. The molecule has 0 spiro atoms. The number of methoxy groups -OCH3 is 4. The second-order valence-corrected chi connectivity index (χ2v) is 26.3. The molecule has 5 saturated heterocycles. The molecule has 87 heavy (non-hydrogen) atoms. The molecule has 3 saturated carbocycles. The third-order valence-corrected chi connectivity index (χ3v) is 21.5. The first kappa shape index (κ1) is 66.9. The van der Waals surface area contributed by atoms with Crippen molar-refractivity contribution in [2.45, 2.75) is 272 Å². The number of hydrogen-bond acceptors (Lipinski definition) is 23. The molecule has 29 atom stereocenters. The lowest BCUT2D eigenvalue weighted by Crippen LogP contribution is -2.75. The smallest absolute Gasteiger partial charge is 0.331 e. The molecular formula is C64H96O23. The van der Waals surface area contributed by atoms with E-state index in [1.807, 2.05) is 58.0 Å². The van der Waals surface area contributed by atoms with E-state index in [9.17, 15) is 40.2 Å². The lowest BCUT2D eigenvalue weighted by atomic mass is 9.43. The molecule has 1 aromatic rings. The highest BCUT2D eigenvalue weighted by Crippen LogP contribution is 2.70. The highest BCUT2D eigenvalue weighted by molar-refractivity contribution is 5.87. The van der Waals surface area contributed by atoms with Crippen molar-refractivity contribution >= 4 is 17.8 Å². The van der Waals surface area contributed by atoms with Gasteiger partial charge in [-0.2, -0.15) is 0 Å². The van der Waals surface area contributed by atoms with E-state index in [0.717, 1.165) is 11.1 Å². The maximum atomic E-state index is 13.6. The minimum absolute atomic E-state index is 0.0982. The molecule has 6 N–H and O–H groups in total. The molecule has 9 aliphatic rings. The fourth-order valence-electron chi connectivity index (χ4n) is 16.6. The third kappa shape index (κ3) is 12.8. The predicted molar refractivity (Wildman–Crippen MR) is 307 cm³/mol. The van der Waals surface area contributed by atoms with Gasteiger partial charge in [0.25, 0.3) is 0 Å². The van der Waals surface area contributed by atoms with Gasteiger partial charge in [0.2, 0.25) is 0 Å². The Morgan fingerprint density at radius 1 is 0.632 bits per heavy atom. The van der Waals surface area contributed by atoms with Gasteiger partial charge in [-0.15, -0.1) is 0 Å². The zero-order valence-electron chi connectivity index (χ0n) is 52.2. The van der Waals surface area contributed by atoms with Crippen LogP contribution < -0.4 is 0 Å². The second kappa shape index (κ2) is 27.3. The zero-order valence-corrected chi connectivity index (χ0v) is 52.2. The SMILES string of the molecule is CO[C@H]1C[C@H](O[C@H]2CC[C@@]3(C)C(=CC[C@]4(O)[C@@H]3C[C@@H](OC(=O)C=Cc3ccccc3)[C@]3(C)[C@H](C(C)=O)CC[C@@]34O)C2)O[C@H](C)[C@H]1O[C@H]1C[C@H](OC)[C@H](O[C@H]2C[C@@H](OC)[C@H](O[C@H]3C[C@@H](OC)[C@H](O[C@@H]4O[C@H](CO)[C@@H](O)[C@H](O)[C@H]4O)[C@@H](C)O3)[C@@H](C)O2)[C@@H](C)O1. The fourth-order valence-corrected chi connectivity index (χ4v) is 16.6. The Kier molecular flexibility index (Phi) is 21.0. The van der Waals surface area contributed by atoms with Crippen molar-refractivity contribution in [1.82, 2.24) is 0 Å². The van der Waals surface area contributed by atoms with Gasteiger partial charge in [0, 0.05) is 77.4 Å². The summed E-state index contributed by atoms with van der Waals surface area (Å²) in [5, 5.41) is 66.9. The molecule has 1 aromatic carbocycles. The maximum Gasteiger partial charge on any atom is 0.331 e. The second-order valence-electron chi connectivity index (χ2n) is 26.3. The zero-order chi connectivity index (χ0) is 62.5. The van der Waals surface area contributed by atoms with E-state index in [-0.39, 0.29) is 37.6 Å². The first-order chi connectivity index (χ1) is 41.4. The summed E-state index contributed by atoms with van der Waals surface area (Å²) >= 11 is 0. The molecule has 0 amide bonds. The molecular weight excluding hydrogens is 1140 g/mol. The molecule has 0 unspecified atom stereocenters. The predicted octanol–water partition coefficient (Wildman–Crippen LogP) is 3.94. The Bertz CT molecular complexity index is 2540. The number of fused-ring (bicyclic) bond motifs is 5. The van der Waals surface area contributed by atoms with E-state index in [2.05, 4.69) is 13.0 Å². The summed E-state index contributed by atoms with van der Waals surface area (Å²) in [6.45, 7) is 12.4. The summed E-state index contributed by atoms with van der Waals surface area (Å²) in [5.74, 6) is -1.74. The highest BCUT2D eigenvalue weighted by atomic mass is 16.8. The van der Waals surface area contributed by atoms with Gasteiger partial charge in [-0.1, -0.05) is 55.8 Å². The number of Topliss-reactive ketones (excluding diaryl/α,β-unsaturated/α-hetero) is 1. The molecule has 0 aromatic heterocycles. The van der Waals surface area contributed by atoms with Gasteiger partial charge in [-0.3, -0.25) is 4.79 Å². The normalized spacial score (nSPS) is 48.4. The van der Waals surface area contributed by atoms with Crippen LogP contribution in [-0.4, -0.2) is 230 Å². The number of hydrogen-bond donors (Lipinski definition) is 6. The Hall–Kier alpha value is -2.96. The maximum absolute atomic E-state index is 13.6. The fraction of sp³-hybridized carbons (Fsp3) is 0.812. The largest absolute Gasteiger partial charge is 0.458 e. The van der Waals surface area contributed by atoms with E-state index >= 15 is 0 Å². The van der Waals surface area contributed by atoms with E-state index in [1.165, 1.54) is 20.1 Å². The van der Waals surface area contributed by atoms with Crippen LogP contribution in [0.25, 0.3) is 6.08 Å². The number of benzene rings is 1. The minimum atomic E-state index is -1.70. The Labute approximate surface area is 510 Å². The van der Waals surface area contributed by atoms with Crippen LogP contribution >= 0.6 is 0 Å². The molecule has 0 radical (unpaired) electrons. The number of esters is 1. The summed E-state index contributed by atoms with van der Waals surface area (Å²) in [4.78, 5) is 26.9. The lowest BCUT2D eigenvalue weighted by molar-refractivity contribution is -0.358. The van der Waals surface area contributed by atoms with Gasteiger partial charge >= 0.3 is 5.97 Å². The summed E-state index contributed by atoms with van der Waals surface area (Å²) in [7, 11) is 6.38. The average Bonchev–Trinajstić information content (AvgIpc) is 1.64. The van der Waals surface area contributed by atoms with Crippen molar-refractivity contribution in [1.29, 1.82) is 0 Å². The topological polar surface area (TPSA) is 294 Å². The molecule has 0 bridgehead atoms. The first-order valence-corrected chi connectivity index (χ1v) is 31.3. The van der Waals surface area contributed by atoms with Gasteiger partial charge in [0.1, 0.15) is 71.9 Å². The summed E-state index contributed by atoms with van der Waals surface area (Å²) in [6, 6.07) is 9.44. The summed E-state index contributed by atoms with van der Waals surface area (Å²) in [6.07, 6.45) is -8.26. The number of ketones is 1. The quantitative estimate of drug-likeness (QED) is 0.0649. The van der Waals surface area contributed by atoms with Crippen LogP contribution in [0.4, 0.5) is 0 Å². The van der Waals surface area contributed by atoms with Crippen LogP contribution in [0.3, 0.4) is 0 Å². The molecule has 10 rings (SSSR count). The molecule has 4 aliphatic carbocycles. The number of ether oxygens (including phenoxy) is 15. The first-order valence-electron chi connectivity index (χ1n) is 31.3. The number of carbonyl (C=O) groups is 2. The van der Waals surface area contributed by atoms with Crippen molar-refractivity contribution in [2.75, 3.05) is 35.0 Å². The van der Waals surface area contributed by atoms with Gasteiger partial charge in [0.15, 0.2) is 31.5 Å². The van der Waals surface area contributed by atoms with Crippen molar-refractivity contribution in [2.24, 2.45) is 22.7 Å². The molecule has 5 aliphatic heterocycles. The number of aliphatic hydroxyl groups is 6. The van der Waals surface area contributed by atoms with Crippen LogP contribution in [0.15, 0.2) is 48.1 Å². The monoisotopic (exact) mass is 1230 g/mol. The molecule has 5 heterocycles. The average molecular weight is 1230 g/mol. The van der Waals surface area contributed by atoms with Crippen LogP contribution in [0, 0.1) is 22.7 Å². The standard InChI is InChI=1S/C64H96O23/c1-32(66)40-21-24-64(72)62(40,7)47(83-48(67)18-17-37-15-13-12-14-16-37)30-46-61(6)22-20-39(25-38(61)19-23-63(46,64)71)81-49-26-41(73-8)56(33(2)77-49)84-50-27-42(74-9)57(34(3)78-50)85-51-28-43(75-10)58(35(4)79-51)86-52-29-44(76-11)59(36(5)80-52)87-60-55(70)54(69)53(68)45(31-65)82-60/h12-19,33-36,39-47,49-60,65,68-72H,20-31H2,1-11H3/t33-,34-,35-,36-,39+,40+,41+,42+,43-,44-,45-,46-,47-,49+,50+,51+,52+,53-,54+,55-,56-,57-,58-,59-,60+,61+,62+,63+,64-/m1/s1. The molecule has 8 fully saturated rings. The van der Waals surface area contributed by atoms with Crippen molar-refractivity contribution < 1.29 is 111 Å². The molecule has 23 nitrogen and oxygen atoms in total. The number of aliphatic hydroxyl groups excluding tert-OH is 4. The summed E-state index contributed by atoms with van der Waals surface area (Å²) < 4.78 is 94.5. The van der Waals surface area contributed by atoms with E-state index in [0.29, 0.717) is 44.9 Å². The van der Waals surface area contributed by atoms with E-state index in [4.69, 9.17) is 71.1 Å². The van der Waals surface area contributed by atoms with Gasteiger partial charge in [0.05, 0.1) is 61.5 Å². The van der Waals surface area contributed by atoms with Crippen molar-refractivity contribution in [3.63, 3.8) is 0 Å². The van der Waals surface area contributed by atoms with Gasteiger partial charge in [-0.25, -0.2) is 4.79 Å². The van der Waals surface area contributed by atoms with Crippen LogP contribution in [0.2, 0.25) is 0 Å². The van der Waals surface area contributed by atoms with E-state index in [1.54, 1.807) is 34.3 Å². The van der Waals surface area contributed by atoms with Crippen LogP contribution in [0.5, 0.6) is 0 Å². The van der Waals surface area contributed by atoms with Crippen LogP contribution in [0.1, 0.15) is 125 Å². The Morgan fingerprint density at radius 3 is 1.61 bits per heavy atom. The molecule has 23 heteroatoms. The lowest BCUT2D eigenvalue weighted by Gasteiger charge is -2.66. The Morgan fingerprint density at radius 2 is 1.13 bits per heavy atom. The van der Waals surface area contributed by atoms with Crippen molar-refractivity contribution in [3.05, 3.63) is 53.6 Å². The third-order valence-electron chi connectivity index (χ3n) is 21.5. The molecule has 490 valence electrons. The summed E-state index contributed by atoms with van der Waals surface area (Å²) in [5.41, 5.74) is -3.11. The number of carbonyl (C=O) groups excluding carboxylic acids is 2.